The standard InChI is InChI=1S/C22H25N3O2S/c1-3-27-17-10-11-19-20(13-17)28-22(24-19)25-12-6-8-16(14-25)21(26)23-18-9-5-4-7-15(18)2/h4-5,7,9-11,13,16H,3,6,8,12,14H2,1-2H3,(H,23,26)/t16-/m1/s1. The molecule has 0 radical (unpaired) electrons. The largest absolute Gasteiger partial charge is 0.494 e. The zero-order valence-corrected chi connectivity index (χ0v) is 17.1. The molecule has 0 bridgehead atoms. The molecule has 146 valence electrons. The average molecular weight is 396 g/mol. The first-order chi connectivity index (χ1) is 13.6. The van der Waals surface area contributed by atoms with Gasteiger partial charge in [-0.05, 0) is 56.5 Å². The van der Waals surface area contributed by atoms with Crippen LogP contribution in [-0.2, 0) is 4.79 Å². The highest BCUT2D eigenvalue weighted by Gasteiger charge is 2.27. The summed E-state index contributed by atoms with van der Waals surface area (Å²) in [6.07, 6.45) is 1.90. The zero-order valence-electron chi connectivity index (χ0n) is 16.3. The van der Waals surface area contributed by atoms with Gasteiger partial charge in [-0.15, -0.1) is 0 Å². The predicted molar refractivity (Wildman–Crippen MR) is 116 cm³/mol. The van der Waals surface area contributed by atoms with Crippen LogP contribution >= 0.6 is 11.3 Å². The summed E-state index contributed by atoms with van der Waals surface area (Å²) in [6.45, 7) is 6.29. The highest BCUT2D eigenvalue weighted by atomic mass is 32.1. The van der Waals surface area contributed by atoms with Gasteiger partial charge in [0.25, 0.3) is 0 Å². The normalized spacial score (nSPS) is 16.9. The molecule has 5 nitrogen and oxygen atoms in total. The fourth-order valence-electron chi connectivity index (χ4n) is 3.60. The SMILES string of the molecule is CCOc1ccc2nc(N3CCC[C@@H](C(=O)Nc4ccccc4C)C3)sc2c1. The first-order valence-corrected chi connectivity index (χ1v) is 10.6. The van der Waals surface area contributed by atoms with Gasteiger partial charge in [-0.1, -0.05) is 29.5 Å². The summed E-state index contributed by atoms with van der Waals surface area (Å²) in [6, 6.07) is 13.9. The molecule has 2 aromatic carbocycles. The molecule has 1 aromatic heterocycles. The third-order valence-corrected chi connectivity index (χ3v) is 6.20. The number of thiazole rings is 1. The molecule has 1 aliphatic rings. The van der Waals surface area contributed by atoms with E-state index in [1.807, 2.05) is 56.3 Å². The summed E-state index contributed by atoms with van der Waals surface area (Å²) in [5, 5.41) is 4.08. The van der Waals surface area contributed by atoms with Crippen molar-refractivity contribution in [2.75, 3.05) is 29.9 Å². The van der Waals surface area contributed by atoms with Gasteiger partial charge in [0, 0.05) is 18.8 Å². The number of piperidine rings is 1. The van der Waals surface area contributed by atoms with Crippen LogP contribution in [0.1, 0.15) is 25.3 Å². The van der Waals surface area contributed by atoms with Crippen LogP contribution in [0.5, 0.6) is 5.75 Å². The Morgan fingerprint density at radius 2 is 2.18 bits per heavy atom. The minimum Gasteiger partial charge on any atom is -0.494 e. The monoisotopic (exact) mass is 395 g/mol. The van der Waals surface area contributed by atoms with Crippen LogP contribution in [-0.4, -0.2) is 30.6 Å². The Balaban J connectivity index is 1.48. The lowest BCUT2D eigenvalue weighted by Gasteiger charge is -2.31. The molecular weight excluding hydrogens is 370 g/mol. The van der Waals surface area contributed by atoms with Crippen molar-refractivity contribution in [3.05, 3.63) is 48.0 Å². The lowest BCUT2D eigenvalue weighted by atomic mass is 9.97. The van der Waals surface area contributed by atoms with Crippen molar-refractivity contribution in [1.29, 1.82) is 0 Å². The molecule has 1 amide bonds. The summed E-state index contributed by atoms with van der Waals surface area (Å²) >= 11 is 1.67. The maximum absolute atomic E-state index is 12.8. The number of carbonyl (C=O) groups excluding carboxylic acids is 1. The third kappa shape index (κ3) is 3.97. The quantitative estimate of drug-likeness (QED) is 0.670. The molecule has 0 unspecified atom stereocenters. The highest BCUT2D eigenvalue weighted by Crippen LogP contribution is 2.33. The number of hydrogen-bond acceptors (Lipinski definition) is 5. The van der Waals surface area contributed by atoms with E-state index in [1.54, 1.807) is 11.3 Å². The average Bonchev–Trinajstić information content (AvgIpc) is 3.13. The van der Waals surface area contributed by atoms with Crippen molar-refractivity contribution in [3.8, 4) is 5.75 Å². The summed E-state index contributed by atoms with van der Waals surface area (Å²) in [5.74, 6) is 0.942. The second kappa shape index (κ2) is 8.19. The van der Waals surface area contributed by atoms with Crippen molar-refractivity contribution in [1.82, 2.24) is 4.98 Å². The van der Waals surface area contributed by atoms with E-state index in [0.717, 1.165) is 51.7 Å². The van der Waals surface area contributed by atoms with E-state index in [2.05, 4.69) is 10.2 Å². The maximum Gasteiger partial charge on any atom is 0.229 e. The number of para-hydroxylation sites is 1. The van der Waals surface area contributed by atoms with E-state index in [4.69, 9.17) is 9.72 Å². The van der Waals surface area contributed by atoms with Gasteiger partial charge in [-0.25, -0.2) is 4.98 Å². The molecular formula is C22H25N3O2S. The lowest BCUT2D eigenvalue weighted by molar-refractivity contribution is -0.120. The van der Waals surface area contributed by atoms with Crippen molar-refractivity contribution in [2.45, 2.75) is 26.7 Å². The molecule has 0 aliphatic carbocycles. The lowest BCUT2D eigenvalue weighted by Crippen LogP contribution is -2.40. The molecule has 1 aliphatic heterocycles. The Bertz CT molecular complexity index is 985. The van der Waals surface area contributed by atoms with Crippen LogP contribution in [0, 0.1) is 12.8 Å². The number of hydrogen-bond donors (Lipinski definition) is 1. The number of amides is 1. The van der Waals surface area contributed by atoms with E-state index in [-0.39, 0.29) is 11.8 Å². The van der Waals surface area contributed by atoms with Gasteiger partial charge < -0.3 is 15.0 Å². The second-order valence-corrected chi connectivity index (χ2v) is 8.16. The number of rotatable bonds is 5. The smallest absolute Gasteiger partial charge is 0.229 e. The van der Waals surface area contributed by atoms with E-state index < -0.39 is 0 Å². The number of fused-ring (bicyclic) bond motifs is 1. The minimum atomic E-state index is -0.0284. The fourth-order valence-corrected chi connectivity index (χ4v) is 4.63. The summed E-state index contributed by atoms with van der Waals surface area (Å²) in [7, 11) is 0. The number of benzene rings is 2. The summed E-state index contributed by atoms with van der Waals surface area (Å²) < 4.78 is 6.71. The number of anilines is 2. The maximum atomic E-state index is 12.8. The third-order valence-electron chi connectivity index (χ3n) is 5.13. The molecule has 1 fully saturated rings. The van der Waals surface area contributed by atoms with E-state index >= 15 is 0 Å². The summed E-state index contributed by atoms with van der Waals surface area (Å²) in [4.78, 5) is 19.8. The van der Waals surface area contributed by atoms with Crippen LogP contribution < -0.4 is 15.0 Å². The molecule has 28 heavy (non-hydrogen) atoms. The highest BCUT2D eigenvalue weighted by molar-refractivity contribution is 7.22. The Kier molecular flexibility index (Phi) is 5.48. The molecule has 0 saturated carbocycles. The molecule has 6 heteroatoms. The predicted octanol–water partition coefficient (Wildman–Crippen LogP) is 4.86. The van der Waals surface area contributed by atoms with E-state index in [0.29, 0.717) is 13.2 Å². The topological polar surface area (TPSA) is 54.5 Å². The second-order valence-electron chi connectivity index (χ2n) is 7.15. The van der Waals surface area contributed by atoms with Gasteiger partial charge in [-0.2, -0.15) is 0 Å². The van der Waals surface area contributed by atoms with Crippen LogP contribution in [0.2, 0.25) is 0 Å². The van der Waals surface area contributed by atoms with Gasteiger partial charge in [-0.3, -0.25) is 4.79 Å². The Hall–Kier alpha value is -2.60. The zero-order chi connectivity index (χ0) is 19.5. The van der Waals surface area contributed by atoms with Gasteiger partial charge in [0.05, 0.1) is 22.7 Å². The Morgan fingerprint density at radius 3 is 3.00 bits per heavy atom. The van der Waals surface area contributed by atoms with Crippen molar-refractivity contribution in [3.63, 3.8) is 0 Å². The first kappa shape index (κ1) is 18.7. The molecule has 1 atom stereocenters. The van der Waals surface area contributed by atoms with Crippen molar-refractivity contribution in [2.24, 2.45) is 5.92 Å². The van der Waals surface area contributed by atoms with Crippen LogP contribution in [0.15, 0.2) is 42.5 Å². The number of nitrogens with zero attached hydrogens (tertiary/aromatic N) is 2. The van der Waals surface area contributed by atoms with Gasteiger partial charge in [0.1, 0.15) is 5.75 Å². The van der Waals surface area contributed by atoms with Gasteiger partial charge in [0.2, 0.25) is 5.91 Å². The fraction of sp³-hybridized carbons (Fsp3) is 0.364. The van der Waals surface area contributed by atoms with E-state index in [9.17, 15) is 4.79 Å². The van der Waals surface area contributed by atoms with Crippen LogP contribution in [0.25, 0.3) is 10.2 Å². The number of nitrogens with one attached hydrogen (secondary N) is 1. The summed E-state index contributed by atoms with van der Waals surface area (Å²) in [5.41, 5.74) is 2.96. The Morgan fingerprint density at radius 1 is 1.32 bits per heavy atom. The molecule has 0 spiro atoms. The molecule has 4 rings (SSSR count). The number of ether oxygens (including phenoxy) is 1. The minimum absolute atomic E-state index is 0.0284. The number of carbonyl (C=O) groups is 1. The number of aryl methyl sites for hydroxylation is 1. The van der Waals surface area contributed by atoms with Crippen LogP contribution in [0.3, 0.4) is 0 Å². The first-order valence-electron chi connectivity index (χ1n) is 9.79. The Labute approximate surface area is 169 Å². The molecule has 1 saturated heterocycles. The molecule has 2 heterocycles. The molecule has 3 aromatic rings. The number of aromatic nitrogens is 1. The van der Waals surface area contributed by atoms with E-state index in [1.165, 1.54) is 0 Å². The van der Waals surface area contributed by atoms with Crippen LogP contribution in [0.4, 0.5) is 10.8 Å². The van der Waals surface area contributed by atoms with Crippen molar-refractivity contribution < 1.29 is 9.53 Å². The molecule has 1 N–H and O–H groups in total. The van der Waals surface area contributed by atoms with Gasteiger partial charge >= 0.3 is 0 Å². The van der Waals surface area contributed by atoms with Crippen molar-refractivity contribution >= 4 is 38.3 Å². The van der Waals surface area contributed by atoms with Gasteiger partial charge in [0.15, 0.2) is 5.13 Å².